The smallest absolute Gasteiger partial charge is 0.344 e. The number of halogens is 2. The van der Waals surface area contributed by atoms with Crippen LogP contribution in [-0.4, -0.2) is 50.4 Å². The number of ether oxygens (including phenoxy) is 3. The van der Waals surface area contributed by atoms with Gasteiger partial charge in [0.1, 0.15) is 6.04 Å². The standard InChI is InChI=1S/C25H29ClIN3O6/c1-5-35-22(31)14-36-23-19(27)11-16(12-21(23)34-4)13-28-30-25(33)20(10-15(2)3)29-24(32)17-6-8-18(26)9-7-17/h6-9,11-13,15,20H,5,10,14H2,1-4H3,(H,29,32)(H,30,33). The highest BCUT2D eigenvalue weighted by Crippen LogP contribution is 2.33. The number of nitrogens with one attached hydrogen (secondary N) is 2. The summed E-state index contributed by atoms with van der Waals surface area (Å²) in [5.41, 5.74) is 3.52. The van der Waals surface area contributed by atoms with Crippen molar-refractivity contribution in [3.63, 3.8) is 0 Å². The second-order valence-electron chi connectivity index (χ2n) is 8.02. The SMILES string of the molecule is CCOC(=O)COc1c(I)cc(C=NNC(=O)C(CC(C)C)NC(=O)c2ccc(Cl)cc2)cc1OC. The second kappa shape index (κ2) is 14.6. The maximum Gasteiger partial charge on any atom is 0.344 e. The van der Waals surface area contributed by atoms with E-state index in [1.165, 1.54) is 13.3 Å². The monoisotopic (exact) mass is 629 g/mol. The Kier molecular flexibility index (Phi) is 11.9. The molecule has 1 atom stereocenters. The van der Waals surface area contributed by atoms with E-state index in [2.05, 4.69) is 38.4 Å². The molecule has 2 rings (SSSR count). The van der Waals surface area contributed by atoms with Gasteiger partial charge in [0.15, 0.2) is 18.1 Å². The molecule has 0 spiro atoms. The maximum absolute atomic E-state index is 12.8. The Balaban J connectivity index is 2.08. The average Bonchev–Trinajstić information content (AvgIpc) is 2.82. The van der Waals surface area contributed by atoms with Gasteiger partial charge in [-0.2, -0.15) is 5.10 Å². The van der Waals surface area contributed by atoms with Crippen LogP contribution < -0.4 is 20.2 Å². The topological polar surface area (TPSA) is 115 Å². The largest absolute Gasteiger partial charge is 0.493 e. The van der Waals surface area contributed by atoms with Gasteiger partial charge in [-0.3, -0.25) is 9.59 Å². The van der Waals surface area contributed by atoms with Crippen LogP contribution in [0.15, 0.2) is 41.5 Å². The van der Waals surface area contributed by atoms with Crippen LogP contribution in [0.2, 0.25) is 5.02 Å². The van der Waals surface area contributed by atoms with Crippen LogP contribution in [-0.2, 0) is 14.3 Å². The lowest BCUT2D eigenvalue weighted by Gasteiger charge is -2.19. The first-order valence-electron chi connectivity index (χ1n) is 11.2. The number of hydrogen-bond acceptors (Lipinski definition) is 7. The highest BCUT2D eigenvalue weighted by molar-refractivity contribution is 14.1. The van der Waals surface area contributed by atoms with Crippen molar-refractivity contribution in [1.82, 2.24) is 10.7 Å². The molecule has 1 unspecified atom stereocenters. The molecule has 0 aliphatic heterocycles. The molecule has 2 aromatic carbocycles. The lowest BCUT2D eigenvalue weighted by molar-refractivity contribution is -0.145. The minimum atomic E-state index is -0.779. The Morgan fingerprint density at radius 2 is 1.86 bits per heavy atom. The van der Waals surface area contributed by atoms with E-state index in [0.717, 1.165) is 0 Å². The van der Waals surface area contributed by atoms with E-state index in [1.54, 1.807) is 43.3 Å². The summed E-state index contributed by atoms with van der Waals surface area (Å²) in [6, 6.07) is 9.05. The van der Waals surface area contributed by atoms with Crippen molar-refractivity contribution >= 4 is 58.2 Å². The first-order chi connectivity index (χ1) is 17.1. The summed E-state index contributed by atoms with van der Waals surface area (Å²) in [5, 5.41) is 7.31. The van der Waals surface area contributed by atoms with E-state index in [1.807, 2.05) is 13.8 Å². The third-order valence-corrected chi connectivity index (χ3v) is 5.77. The molecule has 2 amide bonds. The Hall–Kier alpha value is -2.86. The van der Waals surface area contributed by atoms with Crippen LogP contribution in [0.4, 0.5) is 0 Å². The summed E-state index contributed by atoms with van der Waals surface area (Å²) in [7, 11) is 1.48. The maximum atomic E-state index is 12.8. The van der Waals surface area contributed by atoms with E-state index in [-0.39, 0.29) is 25.0 Å². The zero-order valence-corrected chi connectivity index (χ0v) is 23.4. The molecule has 0 saturated heterocycles. The molecule has 11 heteroatoms. The van der Waals surface area contributed by atoms with Gasteiger partial charge in [-0.15, -0.1) is 0 Å². The lowest BCUT2D eigenvalue weighted by Crippen LogP contribution is -2.46. The molecule has 0 saturated carbocycles. The number of methoxy groups -OCH3 is 1. The molecular weight excluding hydrogens is 601 g/mol. The summed E-state index contributed by atoms with van der Waals surface area (Å²) in [6.45, 7) is 5.65. The molecule has 0 aromatic heterocycles. The van der Waals surface area contributed by atoms with Crippen molar-refractivity contribution in [3.8, 4) is 11.5 Å². The fourth-order valence-electron chi connectivity index (χ4n) is 3.08. The number of rotatable bonds is 12. The van der Waals surface area contributed by atoms with E-state index < -0.39 is 17.9 Å². The van der Waals surface area contributed by atoms with Crippen LogP contribution in [0.25, 0.3) is 0 Å². The first-order valence-corrected chi connectivity index (χ1v) is 12.7. The lowest BCUT2D eigenvalue weighted by atomic mass is 10.0. The van der Waals surface area contributed by atoms with E-state index in [9.17, 15) is 14.4 Å². The van der Waals surface area contributed by atoms with Crippen molar-refractivity contribution in [2.24, 2.45) is 11.0 Å². The van der Waals surface area contributed by atoms with Crippen molar-refractivity contribution in [1.29, 1.82) is 0 Å². The number of esters is 1. The van der Waals surface area contributed by atoms with Crippen molar-refractivity contribution in [2.45, 2.75) is 33.2 Å². The second-order valence-corrected chi connectivity index (χ2v) is 9.62. The zero-order valence-electron chi connectivity index (χ0n) is 20.5. The van der Waals surface area contributed by atoms with Gasteiger partial charge in [-0.05, 0) is 83.8 Å². The summed E-state index contributed by atoms with van der Waals surface area (Å²) >= 11 is 7.93. The predicted octanol–water partition coefficient (Wildman–Crippen LogP) is 4.19. The number of hydrogen-bond donors (Lipinski definition) is 2. The summed E-state index contributed by atoms with van der Waals surface area (Å²) in [5.74, 6) is -0.361. The van der Waals surface area contributed by atoms with E-state index in [0.29, 0.717) is 37.6 Å². The molecular formula is C25H29ClIN3O6. The Bertz CT molecular complexity index is 1090. The summed E-state index contributed by atoms with van der Waals surface area (Å²) < 4.78 is 16.5. The van der Waals surface area contributed by atoms with Gasteiger partial charge in [-0.1, -0.05) is 25.4 Å². The number of carbonyl (C=O) groups is 3. The minimum absolute atomic E-state index is 0.156. The van der Waals surface area contributed by atoms with Gasteiger partial charge in [-0.25, -0.2) is 10.2 Å². The van der Waals surface area contributed by atoms with Gasteiger partial charge in [0, 0.05) is 10.6 Å². The van der Waals surface area contributed by atoms with E-state index in [4.69, 9.17) is 25.8 Å². The Morgan fingerprint density at radius 3 is 2.47 bits per heavy atom. The zero-order chi connectivity index (χ0) is 26.7. The van der Waals surface area contributed by atoms with Crippen LogP contribution >= 0.6 is 34.2 Å². The van der Waals surface area contributed by atoms with Crippen LogP contribution in [0.1, 0.15) is 43.1 Å². The molecule has 0 fully saturated rings. The summed E-state index contributed by atoms with van der Waals surface area (Å²) in [6.07, 6.45) is 1.88. The van der Waals surface area contributed by atoms with E-state index >= 15 is 0 Å². The molecule has 0 bridgehead atoms. The molecule has 0 radical (unpaired) electrons. The molecule has 36 heavy (non-hydrogen) atoms. The third kappa shape index (κ3) is 9.30. The van der Waals surface area contributed by atoms with Gasteiger partial charge in [0.05, 0.1) is 23.5 Å². The van der Waals surface area contributed by atoms with Crippen LogP contribution in [0, 0.1) is 9.49 Å². The average molecular weight is 630 g/mol. The molecule has 194 valence electrons. The fourth-order valence-corrected chi connectivity index (χ4v) is 3.99. The fraction of sp³-hybridized carbons (Fsp3) is 0.360. The molecule has 2 aromatic rings. The van der Waals surface area contributed by atoms with Gasteiger partial charge >= 0.3 is 5.97 Å². The quantitative estimate of drug-likeness (QED) is 0.158. The number of amides is 2. The summed E-state index contributed by atoms with van der Waals surface area (Å²) in [4.78, 5) is 37.0. The number of carbonyl (C=O) groups excluding carboxylic acids is 3. The highest BCUT2D eigenvalue weighted by atomic mass is 127. The third-order valence-electron chi connectivity index (χ3n) is 4.72. The predicted molar refractivity (Wildman–Crippen MR) is 146 cm³/mol. The van der Waals surface area contributed by atoms with Crippen molar-refractivity contribution in [2.75, 3.05) is 20.3 Å². The van der Waals surface area contributed by atoms with Crippen LogP contribution in [0.3, 0.4) is 0 Å². The van der Waals surface area contributed by atoms with Crippen molar-refractivity contribution < 1.29 is 28.6 Å². The molecule has 0 aliphatic rings. The number of nitrogens with zero attached hydrogens (tertiary/aromatic N) is 1. The minimum Gasteiger partial charge on any atom is -0.493 e. The number of benzene rings is 2. The molecule has 0 heterocycles. The van der Waals surface area contributed by atoms with Gasteiger partial charge in [0.25, 0.3) is 11.8 Å². The number of hydrazone groups is 1. The van der Waals surface area contributed by atoms with Gasteiger partial charge in [0.2, 0.25) is 0 Å². The first kappa shape index (κ1) is 29.4. The van der Waals surface area contributed by atoms with Gasteiger partial charge < -0.3 is 19.5 Å². The normalized spacial score (nSPS) is 11.8. The Morgan fingerprint density at radius 1 is 1.17 bits per heavy atom. The molecule has 9 nitrogen and oxygen atoms in total. The highest BCUT2D eigenvalue weighted by Gasteiger charge is 2.22. The Labute approximate surface area is 229 Å². The molecule has 0 aliphatic carbocycles. The van der Waals surface area contributed by atoms with Crippen LogP contribution in [0.5, 0.6) is 11.5 Å². The van der Waals surface area contributed by atoms with Crippen molar-refractivity contribution in [3.05, 3.63) is 56.1 Å². The molecule has 2 N–H and O–H groups in total.